The number of ketones is 1. The molecule has 22 nitrogen and oxygen atoms in total. The Balaban J connectivity index is 0.000000197. The van der Waals surface area contributed by atoms with Gasteiger partial charge in [-0.15, -0.1) is 0 Å². The number of oxime groups is 1. The van der Waals surface area contributed by atoms with E-state index in [4.69, 9.17) is 52.2 Å². The van der Waals surface area contributed by atoms with Crippen LogP contribution in [-0.2, 0) is 76.2 Å². The molecule has 0 spiro atoms. The fourth-order valence-electron chi connectivity index (χ4n) is 9.66. The minimum Gasteiger partial charge on any atom is -0.506 e. The second-order valence-corrected chi connectivity index (χ2v) is 26.3. The van der Waals surface area contributed by atoms with E-state index in [1.807, 2.05) is 26.8 Å². The van der Waals surface area contributed by atoms with Gasteiger partial charge in [0.25, 0.3) is 5.56 Å². The molecule has 27 heteroatoms. The number of esters is 3. The second-order valence-electron chi connectivity index (χ2n) is 21.7. The third-order valence-corrected chi connectivity index (χ3v) is 17.1. The number of carbonyl (C=O) groups is 4. The number of rotatable bonds is 13. The van der Waals surface area contributed by atoms with E-state index in [0.29, 0.717) is 97.9 Å². The number of aromatic hydroxyl groups is 2. The highest BCUT2D eigenvalue weighted by molar-refractivity contribution is 9.11. The fourth-order valence-corrected chi connectivity index (χ4v) is 12.3. The number of benzene rings is 4. The number of carbonyl (C=O) groups excluding carboxylic acids is 4. The van der Waals surface area contributed by atoms with Gasteiger partial charge in [-0.25, -0.2) is 37.1 Å². The van der Waals surface area contributed by atoms with Crippen LogP contribution in [0, 0.1) is 30.6 Å². The number of aryl methyl sites for hydroxylation is 4. The molecular formula is C62H70Br2Cl2N8O14S. The summed E-state index contributed by atoms with van der Waals surface area (Å²) in [6, 6.07) is 17.0. The lowest BCUT2D eigenvalue weighted by molar-refractivity contribution is -0.148. The van der Waals surface area contributed by atoms with Gasteiger partial charge in [-0.2, -0.15) is 15.5 Å². The van der Waals surface area contributed by atoms with Crippen LogP contribution >= 0.6 is 55.1 Å². The van der Waals surface area contributed by atoms with Crippen LogP contribution in [0.15, 0.2) is 89.7 Å². The van der Waals surface area contributed by atoms with E-state index < -0.39 is 38.5 Å². The number of hydrogen-bond acceptors (Lipinski definition) is 19. The molecular weight excluding hydrogens is 1340 g/mol. The molecule has 1 unspecified atom stereocenters. The molecule has 0 fully saturated rings. The zero-order chi connectivity index (χ0) is 66.0. The minimum atomic E-state index is -3.52. The second kappa shape index (κ2) is 30.0. The highest BCUT2D eigenvalue weighted by Crippen LogP contribution is 2.41. The van der Waals surface area contributed by atoms with Crippen molar-refractivity contribution in [2.75, 3.05) is 44.3 Å². The SMILES string of the molecule is CCOC(=O)C1=NN(c2ccc(Cl)cc2Cl)C(C)(C(=O)OCC)C1.CCc1cc(C)cc(CC)c1-c1c(OC(=O)C(C)(C)C)n2n(c1=O)CCOCC2.Cc1c(C(=O)c2cnn(C)c2O)ccc(S(C)(=O)=O)c1C1=NOCC1.N#Cc1cc(Br)c(O)c(Br)c1. The van der Waals surface area contributed by atoms with Crippen molar-refractivity contribution in [3.05, 3.63) is 135 Å². The van der Waals surface area contributed by atoms with Crippen molar-refractivity contribution in [3.63, 3.8) is 0 Å². The van der Waals surface area contributed by atoms with Gasteiger partial charge < -0.3 is 34.0 Å². The third kappa shape index (κ3) is 16.2. The largest absolute Gasteiger partial charge is 0.506 e. The Hall–Kier alpha value is -7.34. The number of ether oxygens (including phenoxy) is 4. The van der Waals surface area contributed by atoms with E-state index in [2.05, 4.69) is 80.1 Å². The summed E-state index contributed by atoms with van der Waals surface area (Å²) < 4.78 is 51.5. The molecule has 0 bridgehead atoms. The molecule has 4 aromatic carbocycles. The number of hydrogen-bond donors (Lipinski definition) is 2. The summed E-state index contributed by atoms with van der Waals surface area (Å²) in [4.78, 5) is 68.7. The maximum atomic E-state index is 13.5. The summed E-state index contributed by atoms with van der Waals surface area (Å²) in [5.74, 6) is -1.66. The van der Waals surface area contributed by atoms with Gasteiger partial charge in [-0.1, -0.05) is 59.9 Å². The van der Waals surface area contributed by atoms with E-state index in [9.17, 15) is 42.6 Å². The molecule has 0 amide bonds. The van der Waals surface area contributed by atoms with E-state index in [1.165, 1.54) is 40.6 Å². The Morgan fingerprint density at radius 2 is 1.47 bits per heavy atom. The van der Waals surface area contributed by atoms with Crippen LogP contribution in [-0.4, -0.2) is 118 Å². The molecule has 0 saturated heterocycles. The van der Waals surface area contributed by atoms with Crippen molar-refractivity contribution >= 4 is 106 Å². The standard InChI is InChI=1S/C23H32N2O4.C16H18Cl2N2O4.C16H17N3O5S.C7H3Br2NO/c1-7-16-13-15(3)14-17(8-2)18(16)19-20(26)24-9-11-28-12-10-25(24)21(19)29-22(27)23(4,5)6;1-4-23-14(21)12-9-16(3,15(22)24-5-2)20(19-12)13-7-6-10(17)8-11(13)18;1-9-10(15(20)11-8-17-19(2)16(11)21)4-5-13(25(3,22)23)14(9)12-6-7-24-18-12;8-5-1-4(3-10)2-6(9)7(5)11/h13-14H,7-12H2,1-6H3;6-8H,4-5,9H2,1-3H3;4-5,8,21H,6-7H2,1-3H3;1-2,11H. The number of anilines is 1. The van der Waals surface area contributed by atoms with Crippen molar-refractivity contribution in [2.45, 2.75) is 118 Å². The van der Waals surface area contributed by atoms with Crippen LogP contribution < -0.4 is 15.3 Å². The Morgan fingerprint density at radius 3 is 1.99 bits per heavy atom. The third-order valence-electron chi connectivity index (χ3n) is 14.2. The summed E-state index contributed by atoms with van der Waals surface area (Å²) in [6.45, 7) is 21.0. The number of halogens is 4. The summed E-state index contributed by atoms with van der Waals surface area (Å²) in [6.07, 6.45) is 4.49. The molecule has 6 aromatic rings. The quantitative estimate of drug-likeness (QED) is 0.0802. The number of nitriles is 1. The fraction of sp³-hybridized carbons (Fsp3) is 0.403. The highest BCUT2D eigenvalue weighted by Gasteiger charge is 2.50. The number of nitrogens with zero attached hydrogens (tertiary/aromatic N) is 8. The monoisotopic (exact) mass is 1410 g/mol. The van der Waals surface area contributed by atoms with Gasteiger partial charge in [0.2, 0.25) is 11.8 Å². The number of phenols is 1. The Morgan fingerprint density at radius 1 is 0.854 bits per heavy atom. The molecule has 1 atom stereocenters. The van der Waals surface area contributed by atoms with Crippen LogP contribution in [0.25, 0.3) is 11.1 Å². The molecule has 0 aliphatic carbocycles. The summed E-state index contributed by atoms with van der Waals surface area (Å²) in [5, 5.41) is 41.9. The lowest BCUT2D eigenvalue weighted by atomic mass is 9.91. The average Bonchev–Trinajstić information content (AvgIpc) is 2.06. The smallest absolute Gasteiger partial charge is 0.354 e. The molecule has 9 rings (SSSR count). The van der Waals surface area contributed by atoms with Crippen molar-refractivity contribution in [1.82, 2.24) is 19.1 Å². The van der Waals surface area contributed by atoms with Crippen LogP contribution in [0.5, 0.6) is 17.5 Å². The predicted molar refractivity (Wildman–Crippen MR) is 344 cm³/mol. The van der Waals surface area contributed by atoms with Crippen LogP contribution in [0.1, 0.15) is 118 Å². The molecule has 476 valence electrons. The molecule has 2 N–H and O–H groups in total. The first-order chi connectivity index (χ1) is 41.9. The van der Waals surface area contributed by atoms with Crippen LogP contribution in [0.3, 0.4) is 0 Å². The normalized spacial score (nSPS) is 15.2. The summed E-state index contributed by atoms with van der Waals surface area (Å²) in [7, 11) is -2.00. The van der Waals surface area contributed by atoms with E-state index in [0.717, 1.165) is 35.8 Å². The molecule has 89 heavy (non-hydrogen) atoms. The zero-order valence-electron chi connectivity index (χ0n) is 51.3. The predicted octanol–water partition coefficient (Wildman–Crippen LogP) is 11.2. The molecule has 0 saturated carbocycles. The maximum absolute atomic E-state index is 13.5. The van der Waals surface area contributed by atoms with E-state index >= 15 is 0 Å². The summed E-state index contributed by atoms with van der Waals surface area (Å²) in [5.41, 5.74) is 5.55. The Labute approximate surface area is 543 Å². The van der Waals surface area contributed by atoms with Crippen molar-refractivity contribution in [1.29, 1.82) is 5.26 Å². The lowest BCUT2D eigenvalue weighted by Gasteiger charge is -2.32. The number of fused-ring (bicyclic) bond motifs is 1. The minimum absolute atomic E-state index is 0.0493. The molecule has 5 heterocycles. The average molecular weight is 1410 g/mol. The number of hydrazone groups is 1. The molecule has 2 aromatic heterocycles. The maximum Gasteiger partial charge on any atom is 0.354 e. The molecule has 3 aliphatic heterocycles. The van der Waals surface area contributed by atoms with Gasteiger partial charge in [-0.3, -0.25) is 14.4 Å². The number of phenolic OH excluding ortho intramolecular Hbond substituents is 1. The first kappa shape index (κ1) is 70.7. The topological polar surface area (TPSA) is 286 Å². The Kier molecular flexibility index (Phi) is 23.8. The van der Waals surface area contributed by atoms with Crippen LogP contribution in [0.2, 0.25) is 10.0 Å². The van der Waals surface area contributed by atoms with Gasteiger partial charge in [0.1, 0.15) is 29.2 Å². The lowest BCUT2D eigenvalue weighted by Crippen LogP contribution is -2.48. The number of sulfone groups is 1. The Bertz CT molecular complexity index is 3950. The molecule has 3 aliphatic rings. The first-order valence-corrected chi connectivity index (χ1v) is 32.4. The van der Waals surface area contributed by atoms with Crippen molar-refractivity contribution < 1.29 is 61.6 Å². The number of aromatic nitrogens is 4. The highest BCUT2D eigenvalue weighted by atomic mass is 79.9. The van der Waals surface area contributed by atoms with Crippen molar-refractivity contribution in [2.24, 2.45) is 22.7 Å². The van der Waals surface area contributed by atoms with Crippen LogP contribution in [0.4, 0.5) is 5.69 Å². The van der Waals surface area contributed by atoms with Gasteiger partial charge >= 0.3 is 17.9 Å². The van der Waals surface area contributed by atoms with Gasteiger partial charge in [0, 0.05) is 42.3 Å². The van der Waals surface area contributed by atoms with Gasteiger partial charge in [0.15, 0.2) is 21.2 Å². The van der Waals surface area contributed by atoms with Crippen molar-refractivity contribution in [3.8, 4) is 34.7 Å². The zero-order valence-corrected chi connectivity index (χ0v) is 56.8. The summed E-state index contributed by atoms with van der Waals surface area (Å²) >= 11 is 18.4. The van der Waals surface area contributed by atoms with E-state index in [1.54, 1.807) is 67.4 Å². The van der Waals surface area contributed by atoms with E-state index in [-0.39, 0.29) is 64.5 Å². The van der Waals surface area contributed by atoms with Gasteiger partial charge in [-0.05, 0) is 165 Å². The molecule has 0 radical (unpaired) electrons. The first-order valence-electron chi connectivity index (χ1n) is 28.2. The van der Waals surface area contributed by atoms with Gasteiger partial charge in [0.05, 0.1) is 93.0 Å².